The van der Waals surface area contributed by atoms with Crippen LogP contribution in [-0.2, 0) is 0 Å². The van der Waals surface area contributed by atoms with Crippen molar-refractivity contribution in [3.8, 4) is 0 Å². The fraction of sp³-hybridized carbons (Fsp3) is 0.400. The zero-order valence-corrected chi connectivity index (χ0v) is 10.0. The smallest absolute Gasteiger partial charge is 0.159 e. The molecular weight excluding hydrogens is 280 g/mol. The van der Waals surface area contributed by atoms with Crippen LogP contribution in [0.5, 0.6) is 0 Å². The lowest BCUT2D eigenvalue weighted by Crippen LogP contribution is -2.09. The summed E-state index contributed by atoms with van der Waals surface area (Å²) in [4.78, 5) is 0. The molecule has 1 aromatic rings. The van der Waals surface area contributed by atoms with E-state index in [0.717, 1.165) is 25.9 Å². The quantitative estimate of drug-likeness (QED) is 0.761. The fourth-order valence-corrected chi connectivity index (χ4v) is 1.93. The first-order valence-electron chi connectivity index (χ1n) is 4.98. The van der Waals surface area contributed by atoms with Crippen molar-refractivity contribution < 1.29 is 8.78 Å². The Morgan fingerprint density at radius 2 is 1.69 bits per heavy atom. The van der Waals surface area contributed by atoms with E-state index in [-0.39, 0.29) is 5.69 Å². The van der Waals surface area contributed by atoms with Gasteiger partial charge in [0, 0.05) is 17.6 Å². The lowest BCUT2D eigenvalue weighted by atomic mass is 10.3. The zero-order valence-electron chi connectivity index (χ0n) is 8.46. The second-order valence-electron chi connectivity index (χ2n) is 3.57. The second-order valence-corrected chi connectivity index (χ2v) is 4.48. The maximum absolute atomic E-state index is 13.3. The third-order valence-electron chi connectivity index (χ3n) is 2.34. The number of hydrogen-bond acceptors (Lipinski definition) is 2. The topological polar surface area (TPSA) is 28.0 Å². The SMILES string of the molecule is Fc1cc(Br)cc(F)c1N=NN1CCCC1. The van der Waals surface area contributed by atoms with Crippen molar-refractivity contribution in [2.45, 2.75) is 12.8 Å². The molecule has 3 nitrogen and oxygen atoms in total. The average molecular weight is 290 g/mol. The third kappa shape index (κ3) is 2.55. The van der Waals surface area contributed by atoms with Gasteiger partial charge in [0.05, 0.1) is 0 Å². The maximum Gasteiger partial charge on any atom is 0.159 e. The Morgan fingerprint density at radius 1 is 1.12 bits per heavy atom. The van der Waals surface area contributed by atoms with E-state index in [2.05, 4.69) is 26.3 Å². The third-order valence-corrected chi connectivity index (χ3v) is 2.79. The molecule has 1 saturated heterocycles. The van der Waals surface area contributed by atoms with Crippen molar-refractivity contribution in [1.29, 1.82) is 0 Å². The van der Waals surface area contributed by atoms with Gasteiger partial charge in [0.2, 0.25) is 0 Å². The molecule has 0 aromatic heterocycles. The molecule has 0 amide bonds. The molecule has 1 aliphatic rings. The summed E-state index contributed by atoms with van der Waals surface area (Å²) in [6.07, 6.45) is 2.09. The molecule has 16 heavy (non-hydrogen) atoms. The molecule has 1 aromatic carbocycles. The molecule has 2 rings (SSSR count). The van der Waals surface area contributed by atoms with Crippen LogP contribution in [0.1, 0.15) is 12.8 Å². The molecule has 0 unspecified atom stereocenters. The van der Waals surface area contributed by atoms with Gasteiger partial charge in [-0.3, -0.25) is 5.01 Å². The van der Waals surface area contributed by atoms with Crippen LogP contribution in [0.4, 0.5) is 14.5 Å². The highest BCUT2D eigenvalue weighted by atomic mass is 79.9. The van der Waals surface area contributed by atoms with Crippen LogP contribution in [0.25, 0.3) is 0 Å². The molecule has 0 bridgehead atoms. The number of rotatable bonds is 2. The first kappa shape index (κ1) is 11.4. The minimum Gasteiger partial charge on any atom is -0.278 e. The Balaban J connectivity index is 2.20. The Hall–Kier alpha value is -1.04. The van der Waals surface area contributed by atoms with Gasteiger partial charge in [-0.25, -0.2) is 8.78 Å². The van der Waals surface area contributed by atoms with Gasteiger partial charge in [0.15, 0.2) is 17.3 Å². The van der Waals surface area contributed by atoms with E-state index in [1.165, 1.54) is 12.1 Å². The number of hydrogen-bond donors (Lipinski definition) is 0. The van der Waals surface area contributed by atoms with E-state index < -0.39 is 11.6 Å². The van der Waals surface area contributed by atoms with Gasteiger partial charge >= 0.3 is 0 Å². The Morgan fingerprint density at radius 3 is 2.25 bits per heavy atom. The highest BCUT2D eigenvalue weighted by Gasteiger charge is 2.12. The molecule has 1 aliphatic heterocycles. The summed E-state index contributed by atoms with van der Waals surface area (Å²) in [5.74, 6) is -1.43. The average Bonchev–Trinajstić information content (AvgIpc) is 2.68. The Kier molecular flexibility index (Phi) is 3.48. The molecule has 0 saturated carbocycles. The molecule has 0 aliphatic carbocycles. The predicted molar refractivity (Wildman–Crippen MR) is 59.4 cm³/mol. The number of halogens is 3. The molecule has 0 atom stereocenters. The highest BCUT2D eigenvalue weighted by molar-refractivity contribution is 9.10. The van der Waals surface area contributed by atoms with Crippen molar-refractivity contribution in [3.63, 3.8) is 0 Å². The minimum absolute atomic E-state index is 0.338. The van der Waals surface area contributed by atoms with Crippen LogP contribution in [-0.4, -0.2) is 18.1 Å². The molecule has 1 heterocycles. The first-order chi connectivity index (χ1) is 7.66. The summed E-state index contributed by atoms with van der Waals surface area (Å²) in [5.41, 5.74) is -0.338. The summed E-state index contributed by atoms with van der Waals surface area (Å²) in [6.45, 7) is 1.59. The van der Waals surface area contributed by atoms with Crippen LogP contribution < -0.4 is 0 Å². The van der Waals surface area contributed by atoms with Gasteiger partial charge < -0.3 is 0 Å². The normalized spacial score (nSPS) is 16.3. The molecule has 86 valence electrons. The second kappa shape index (κ2) is 4.86. The van der Waals surface area contributed by atoms with Gasteiger partial charge in [-0.2, -0.15) is 0 Å². The van der Waals surface area contributed by atoms with Crippen LogP contribution >= 0.6 is 15.9 Å². The largest absolute Gasteiger partial charge is 0.278 e. The van der Waals surface area contributed by atoms with Crippen LogP contribution in [0.2, 0.25) is 0 Å². The van der Waals surface area contributed by atoms with Gasteiger partial charge in [-0.15, -0.1) is 5.11 Å². The van der Waals surface area contributed by atoms with E-state index >= 15 is 0 Å². The van der Waals surface area contributed by atoms with Crippen molar-refractivity contribution in [2.24, 2.45) is 10.3 Å². The fourth-order valence-electron chi connectivity index (χ4n) is 1.53. The van der Waals surface area contributed by atoms with E-state index in [0.29, 0.717) is 4.47 Å². The van der Waals surface area contributed by atoms with E-state index in [1.807, 2.05) is 0 Å². The first-order valence-corrected chi connectivity index (χ1v) is 5.77. The van der Waals surface area contributed by atoms with Gasteiger partial charge in [0.1, 0.15) is 0 Å². The van der Waals surface area contributed by atoms with E-state index in [4.69, 9.17) is 0 Å². The molecule has 0 radical (unpaired) electrons. The summed E-state index contributed by atoms with van der Waals surface area (Å²) < 4.78 is 27.0. The Labute approximate surface area is 100 Å². The van der Waals surface area contributed by atoms with E-state index in [1.54, 1.807) is 5.01 Å². The van der Waals surface area contributed by atoms with Crippen molar-refractivity contribution >= 4 is 21.6 Å². The standard InChI is InChI=1S/C10H10BrF2N3/c11-7-5-8(12)10(9(13)6-7)14-15-16-3-1-2-4-16/h5-6H,1-4H2. The monoisotopic (exact) mass is 289 g/mol. The van der Waals surface area contributed by atoms with Gasteiger partial charge in [-0.05, 0) is 25.0 Å². The summed E-state index contributed by atoms with van der Waals surface area (Å²) in [5, 5.41) is 9.13. The van der Waals surface area contributed by atoms with Crippen molar-refractivity contribution in [1.82, 2.24) is 5.01 Å². The summed E-state index contributed by atoms with van der Waals surface area (Å²) in [7, 11) is 0. The Bertz CT molecular complexity index is 394. The molecular formula is C10H10BrF2N3. The van der Waals surface area contributed by atoms with Crippen LogP contribution in [0, 0.1) is 11.6 Å². The molecule has 0 N–H and O–H groups in total. The molecule has 1 fully saturated rings. The predicted octanol–water partition coefficient (Wildman–Crippen LogP) is 3.82. The highest BCUT2D eigenvalue weighted by Crippen LogP contribution is 2.27. The van der Waals surface area contributed by atoms with Crippen LogP contribution in [0.15, 0.2) is 26.9 Å². The zero-order chi connectivity index (χ0) is 11.5. The summed E-state index contributed by atoms with van der Waals surface area (Å²) >= 11 is 3.00. The lowest BCUT2D eigenvalue weighted by molar-refractivity contribution is 0.335. The molecule has 6 heteroatoms. The van der Waals surface area contributed by atoms with Gasteiger partial charge in [-0.1, -0.05) is 21.2 Å². The van der Waals surface area contributed by atoms with Crippen LogP contribution in [0.3, 0.4) is 0 Å². The number of nitrogens with zero attached hydrogens (tertiary/aromatic N) is 3. The van der Waals surface area contributed by atoms with Crippen molar-refractivity contribution in [2.75, 3.05) is 13.1 Å². The van der Waals surface area contributed by atoms with Gasteiger partial charge in [0.25, 0.3) is 0 Å². The van der Waals surface area contributed by atoms with E-state index in [9.17, 15) is 8.78 Å². The van der Waals surface area contributed by atoms with Crippen molar-refractivity contribution in [3.05, 3.63) is 28.2 Å². The maximum atomic E-state index is 13.3. The lowest BCUT2D eigenvalue weighted by Gasteiger charge is -2.07. The minimum atomic E-state index is -0.713. The summed E-state index contributed by atoms with van der Waals surface area (Å²) in [6, 6.07) is 2.34. The molecule has 0 spiro atoms. The number of benzene rings is 1.